The summed E-state index contributed by atoms with van der Waals surface area (Å²) in [6.07, 6.45) is 0.217. The monoisotopic (exact) mass is 616 g/mol. The average molecular weight is 617 g/mol. The molecule has 0 amide bonds. The van der Waals surface area contributed by atoms with Gasteiger partial charge in [-0.2, -0.15) is 0 Å². The van der Waals surface area contributed by atoms with Crippen LogP contribution in [-0.4, -0.2) is 33.4 Å². The zero-order chi connectivity index (χ0) is 28.9. The van der Waals surface area contributed by atoms with Crippen molar-refractivity contribution in [1.29, 1.82) is 0 Å². The summed E-state index contributed by atoms with van der Waals surface area (Å²) < 4.78 is 0. The van der Waals surface area contributed by atoms with Gasteiger partial charge in [-0.25, -0.2) is 9.59 Å². The van der Waals surface area contributed by atoms with Crippen molar-refractivity contribution >= 4 is 52.0 Å². The molecule has 1 aromatic carbocycles. The number of hydrogen-bond acceptors (Lipinski definition) is 6. The third-order valence-electron chi connectivity index (χ3n) is 5.99. The molecule has 3 aromatic rings. The second-order valence-corrected chi connectivity index (χ2v) is 13.1. The number of carboxylic acid groups (broad SMARTS) is 2. The van der Waals surface area contributed by atoms with Crippen LogP contribution in [0.1, 0.15) is 135 Å². The van der Waals surface area contributed by atoms with E-state index in [-0.39, 0.29) is 57.8 Å². The van der Waals surface area contributed by atoms with Gasteiger partial charge in [-0.15, -0.1) is 22.7 Å². The van der Waals surface area contributed by atoms with Crippen molar-refractivity contribution in [3.05, 3.63) is 77.1 Å². The van der Waals surface area contributed by atoms with Gasteiger partial charge in [0.25, 0.3) is 0 Å². The number of carbonyl (C=O) groups is 3. The number of thiophene rings is 2. The number of hydrogen-bond donors (Lipinski definition) is 2. The van der Waals surface area contributed by atoms with Gasteiger partial charge in [0.15, 0.2) is 5.78 Å². The van der Waals surface area contributed by atoms with E-state index >= 15 is 0 Å². The molecular weight excluding hydrogens is 579 g/mol. The van der Waals surface area contributed by atoms with E-state index in [2.05, 4.69) is 55.4 Å². The number of rotatable bonds is 9. The van der Waals surface area contributed by atoms with Gasteiger partial charge in [0.1, 0.15) is 4.88 Å². The van der Waals surface area contributed by atoms with E-state index < -0.39 is 11.9 Å². The van der Waals surface area contributed by atoms with Crippen LogP contribution in [0, 0.1) is 0 Å². The molecule has 2 heterocycles. The largest absolute Gasteiger partial charge is 1.00 e. The first-order chi connectivity index (χ1) is 17.6. The fourth-order valence-electron chi connectivity index (χ4n) is 4.00. The van der Waals surface area contributed by atoms with Crippen molar-refractivity contribution in [2.45, 2.75) is 85.5 Å². The molecule has 3 rings (SSSR count). The van der Waals surface area contributed by atoms with Gasteiger partial charge in [-0.1, -0.05) is 73.1 Å². The summed E-state index contributed by atoms with van der Waals surface area (Å²) >= 11 is 8.94. The third kappa shape index (κ3) is 10.1. The molecule has 214 valence electrons. The molecule has 0 fully saturated rings. The Labute approximate surface area is 272 Å². The van der Waals surface area contributed by atoms with Crippen LogP contribution in [0.25, 0.3) is 0 Å². The molecule has 6 nitrogen and oxygen atoms in total. The molecule has 0 saturated carbocycles. The summed E-state index contributed by atoms with van der Waals surface area (Å²) in [5.74, 6) is -0.277. The van der Waals surface area contributed by atoms with Crippen molar-refractivity contribution in [2.75, 3.05) is 0 Å². The molecular formula is C30H38ClNaO6S2. The molecule has 40 heavy (non-hydrogen) atoms. The molecule has 10 heteroatoms. The topological polar surface area (TPSA) is 122 Å². The van der Waals surface area contributed by atoms with Gasteiger partial charge in [-0.3, -0.25) is 4.79 Å². The Bertz CT molecular complexity index is 1260. The molecule has 0 unspecified atom stereocenters. The quantitative estimate of drug-likeness (QED) is 0.215. The normalized spacial score (nSPS) is 10.7. The summed E-state index contributed by atoms with van der Waals surface area (Å²) in [5, 5.41) is 18.1. The van der Waals surface area contributed by atoms with Crippen LogP contribution >= 0.6 is 34.3 Å². The summed E-state index contributed by atoms with van der Waals surface area (Å²) in [6.45, 7) is 16.9. The maximum Gasteiger partial charge on any atom is 1.00 e. The number of benzene rings is 1. The number of halogens is 1. The van der Waals surface area contributed by atoms with Crippen molar-refractivity contribution in [3.63, 3.8) is 0 Å². The fourth-order valence-corrected chi connectivity index (χ4v) is 6.70. The van der Waals surface area contributed by atoms with Crippen molar-refractivity contribution in [1.82, 2.24) is 0 Å². The van der Waals surface area contributed by atoms with Gasteiger partial charge < -0.3 is 15.7 Å². The molecule has 0 saturated heterocycles. The predicted octanol–water partition coefficient (Wildman–Crippen LogP) is 6.29. The summed E-state index contributed by atoms with van der Waals surface area (Å²) in [4.78, 5) is 38.1. The minimum atomic E-state index is -1.07. The average Bonchev–Trinajstić information content (AvgIpc) is 3.45. The van der Waals surface area contributed by atoms with Gasteiger partial charge in [0.05, 0.1) is 15.5 Å². The first kappa shape index (κ1) is 38.5. The van der Waals surface area contributed by atoms with Crippen molar-refractivity contribution < 1.29 is 59.6 Å². The molecule has 0 atom stereocenters. The van der Waals surface area contributed by atoms with Gasteiger partial charge in [0.2, 0.25) is 0 Å². The van der Waals surface area contributed by atoms with Crippen LogP contribution in [0.2, 0.25) is 5.02 Å². The van der Waals surface area contributed by atoms with Crippen LogP contribution in [0.4, 0.5) is 0 Å². The Kier molecular flexibility index (Phi) is 16.2. The summed E-state index contributed by atoms with van der Waals surface area (Å²) in [7, 11) is 0. The Morgan fingerprint density at radius 3 is 1.52 bits per heavy atom. The van der Waals surface area contributed by atoms with E-state index in [0.717, 1.165) is 10.4 Å². The Morgan fingerprint density at radius 2 is 1.18 bits per heavy atom. The Hall–Kier alpha value is -1.52. The van der Waals surface area contributed by atoms with Gasteiger partial charge >= 0.3 is 41.5 Å². The molecule has 0 spiro atoms. The third-order valence-corrected chi connectivity index (χ3v) is 9.23. The van der Waals surface area contributed by atoms with Crippen LogP contribution in [-0.2, 0) is 6.42 Å². The molecule has 0 aliphatic carbocycles. The van der Waals surface area contributed by atoms with E-state index in [1.807, 2.05) is 12.1 Å². The Balaban J connectivity index is 0.000000819. The first-order valence-corrected chi connectivity index (χ1v) is 14.7. The van der Waals surface area contributed by atoms with E-state index in [1.54, 1.807) is 23.5 Å². The smallest absolute Gasteiger partial charge is 0.870 e. The molecule has 0 bridgehead atoms. The number of carboxylic acids is 2. The van der Waals surface area contributed by atoms with E-state index in [9.17, 15) is 14.4 Å². The number of Topliss-reactive ketones (excluding diaryl/α,β-unsaturated/α-hetero) is 1. The first-order valence-electron chi connectivity index (χ1n) is 12.7. The second kappa shape index (κ2) is 16.8. The van der Waals surface area contributed by atoms with Crippen molar-refractivity contribution in [2.24, 2.45) is 0 Å². The second-order valence-electron chi connectivity index (χ2n) is 10.5. The van der Waals surface area contributed by atoms with Crippen LogP contribution in [0.5, 0.6) is 0 Å². The minimum absolute atomic E-state index is 0. The van der Waals surface area contributed by atoms with Crippen LogP contribution in [0.3, 0.4) is 0 Å². The van der Waals surface area contributed by atoms with Crippen LogP contribution < -0.4 is 29.6 Å². The number of carbonyl (C=O) groups excluding carboxylic acids is 1. The van der Waals surface area contributed by atoms with Gasteiger partial charge in [0, 0.05) is 16.2 Å². The SMILES string of the molecule is CC(C)c1cc(C(=O)Cc2ccc(C(=O)O)c(Cl)c2)sc1C(C)C.CC(C)c1cc(C(=O)O)sc1C(C)C.[Na+].[OH-]. The predicted molar refractivity (Wildman–Crippen MR) is 160 cm³/mol. The maximum absolute atomic E-state index is 12.6. The number of aromatic carboxylic acids is 2. The summed E-state index contributed by atoms with van der Waals surface area (Å²) in [6, 6.07) is 8.46. The fraction of sp³-hybridized carbons (Fsp3) is 0.433. The summed E-state index contributed by atoms with van der Waals surface area (Å²) in [5.41, 5.74) is 3.19. The molecule has 0 aliphatic heterocycles. The standard InChI is InChI=1S/C19H21ClO3S.C11H16O2S.Na.H2O/c1-10(2)14-9-17(24-18(14)11(3)4)16(21)8-12-5-6-13(19(22)23)15(20)7-12;1-6(2)8-5-9(11(12)13)14-10(8)7(3)4;;/h5-7,9-11H,8H2,1-4H3,(H,22,23);5-7H,1-4H3,(H,12,13);;1H2/q;;+1;/p-1. The van der Waals surface area contributed by atoms with E-state index in [1.165, 1.54) is 38.3 Å². The number of ketones is 1. The maximum atomic E-state index is 12.6. The minimum Gasteiger partial charge on any atom is -0.870 e. The van der Waals surface area contributed by atoms with E-state index in [4.69, 9.17) is 21.8 Å². The zero-order valence-electron chi connectivity index (χ0n) is 24.7. The molecule has 0 aliphatic rings. The molecule has 0 radical (unpaired) electrons. The van der Waals surface area contributed by atoms with Crippen molar-refractivity contribution in [3.8, 4) is 0 Å². The van der Waals surface area contributed by atoms with E-state index in [0.29, 0.717) is 28.5 Å². The zero-order valence-corrected chi connectivity index (χ0v) is 29.1. The molecule has 3 N–H and O–H groups in total. The van der Waals surface area contributed by atoms with Gasteiger partial charge in [-0.05, 0) is 64.6 Å². The van der Waals surface area contributed by atoms with Crippen LogP contribution in [0.15, 0.2) is 30.3 Å². The Morgan fingerprint density at radius 1 is 0.725 bits per heavy atom. The molecule has 2 aromatic heterocycles.